The molecule has 2 saturated carbocycles. The van der Waals surface area contributed by atoms with Gasteiger partial charge in [-0.3, -0.25) is 9.59 Å². The van der Waals surface area contributed by atoms with Gasteiger partial charge in [0.25, 0.3) is 0 Å². The van der Waals surface area contributed by atoms with Crippen LogP contribution >= 0.6 is 11.3 Å². The summed E-state index contributed by atoms with van der Waals surface area (Å²) in [5, 5.41) is 1.93. The first-order valence-corrected chi connectivity index (χ1v) is 17.0. The Morgan fingerprint density at radius 1 is 0.977 bits per heavy atom. The molecule has 6 nitrogen and oxygen atoms in total. The van der Waals surface area contributed by atoms with E-state index >= 15 is 0 Å². The fourth-order valence-electron chi connectivity index (χ4n) is 4.98. The van der Waals surface area contributed by atoms with Crippen LogP contribution in [-0.4, -0.2) is 55.9 Å². The van der Waals surface area contributed by atoms with Gasteiger partial charge in [0.1, 0.15) is 12.4 Å². The second-order valence-corrected chi connectivity index (χ2v) is 14.0. The quantitative estimate of drug-likeness (QED) is 0.251. The van der Waals surface area contributed by atoms with Crippen LogP contribution in [0.4, 0.5) is 5.69 Å². The van der Waals surface area contributed by atoms with Gasteiger partial charge in [0.15, 0.2) is 0 Å². The molecule has 2 aromatic rings. The highest BCUT2D eigenvalue weighted by Crippen LogP contribution is 2.23. The number of carbonyl (C=O) groups is 2. The number of aromatic nitrogens is 1. The summed E-state index contributed by atoms with van der Waals surface area (Å²) in [6.45, 7) is 11.2. The maximum absolute atomic E-state index is 10.6. The molecule has 1 saturated heterocycles. The Labute approximate surface area is 265 Å². The van der Waals surface area contributed by atoms with E-state index in [2.05, 4.69) is 56.5 Å². The number of hydrogen-bond donors (Lipinski definition) is 0. The molecule has 3 fully saturated rings. The highest BCUT2D eigenvalue weighted by molar-refractivity contribution is 7.11. The third kappa shape index (κ3) is 16.7. The van der Waals surface area contributed by atoms with Crippen molar-refractivity contribution in [2.24, 2.45) is 11.3 Å². The van der Waals surface area contributed by atoms with Gasteiger partial charge in [-0.05, 0) is 97.5 Å². The summed E-state index contributed by atoms with van der Waals surface area (Å²) in [4.78, 5) is 30.1. The average molecular weight is 610 g/mol. The van der Waals surface area contributed by atoms with Crippen LogP contribution in [0.5, 0.6) is 5.88 Å². The highest BCUT2D eigenvalue weighted by Gasteiger charge is 2.15. The van der Waals surface area contributed by atoms with E-state index in [1.165, 1.54) is 77.3 Å². The first-order chi connectivity index (χ1) is 20.6. The van der Waals surface area contributed by atoms with Crippen molar-refractivity contribution in [3.8, 4) is 17.7 Å². The zero-order valence-corrected chi connectivity index (χ0v) is 28.4. The molecule has 0 radical (unpaired) electrons. The van der Waals surface area contributed by atoms with Crippen molar-refractivity contribution in [3.05, 3.63) is 40.2 Å². The van der Waals surface area contributed by atoms with E-state index in [0.717, 1.165) is 42.0 Å². The Morgan fingerprint density at radius 2 is 1.60 bits per heavy atom. The van der Waals surface area contributed by atoms with Crippen LogP contribution < -0.4 is 9.64 Å². The highest BCUT2D eigenvalue weighted by atomic mass is 32.1. The standard InChI is InChI=1S/C12H15NO2.C12H15NOS.C7H14.C5H11N/c14-9-10-6-7-13-12(8-10)15-11-4-2-1-3-5-11;1-12(2,3)6-5-11-7-10(8-15-11)13(4)9-14;1-7-5-3-2-4-6-7;1-6-4-2-3-5-6/h6-9,11H,1-5H2;7-9H,1-4H3;7H,2-6H2,1H3;2-5H2,1H3. The Morgan fingerprint density at radius 3 is 2.09 bits per heavy atom. The van der Waals surface area contributed by atoms with Crippen molar-refractivity contribution in [3.63, 3.8) is 0 Å². The van der Waals surface area contributed by atoms with Crippen molar-refractivity contribution in [2.45, 2.75) is 111 Å². The summed E-state index contributed by atoms with van der Waals surface area (Å²) in [6.07, 6.45) is 19.8. The van der Waals surface area contributed by atoms with Crippen LogP contribution in [0, 0.1) is 23.2 Å². The van der Waals surface area contributed by atoms with Gasteiger partial charge in [-0.1, -0.05) is 57.3 Å². The molecule has 0 bridgehead atoms. The number of rotatable bonds is 5. The summed E-state index contributed by atoms with van der Waals surface area (Å²) in [5.74, 6) is 7.88. The number of hydrogen-bond acceptors (Lipinski definition) is 6. The minimum Gasteiger partial charge on any atom is -0.474 e. The number of ether oxygens (including phenoxy) is 1. The lowest BCUT2D eigenvalue weighted by molar-refractivity contribution is -0.107. The molecule has 7 heteroatoms. The maximum atomic E-state index is 10.6. The molecule has 0 unspecified atom stereocenters. The molecular weight excluding hydrogens is 554 g/mol. The van der Waals surface area contributed by atoms with E-state index in [4.69, 9.17) is 4.74 Å². The van der Waals surface area contributed by atoms with E-state index in [-0.39, 0.29) is 11.5 Å². The molecular formula is C36H55N3O3S. The number of amides is 1. The predicted octanol–water partition coefficient (Wildman–Crippen LogP) is 8.64. The van der Waals surface area contributed by atoms with E-state index in [9.17, 15) is 9.59 Å². The van der Waals surface area contributed by atoms with Crippen LogP contribution in [0.2, 0.25) is 0 Å². The Hall–Kier alpha value is -2.69. The number of nitrogens with zero attached hydrogens (tertiary/aromatic N) is 3. The second-order valence-electron chi connectivity index (χ2n) is 13.1. The van der Waals surface area contributed by atoms with E-state index in [1.54, 1.807) is 41.6 Å². The van der Waals surface area contributed by atoms with E-state index in [0.29, 0.717) is 11.4 Å². The summed E-state index contributed by atoms with van der Waals surface area (Å²) >= 11 is 1.56. The van der Waals surface area contributed by atoms with E-state index < -0.39 is 0 Å². The molecule has 0 atom stereocenters. The molecule has 0 aromatic carbocycles. The first-order valence-electron chi connectivity index (χ1n) is 16.2. The predicted molar refractivity (Wildman–Crippen MR) is 181 cm³/mol. The van der Waals surface area contributed by atoms with Crippen LogP contribution in [0.25, 0.3) is 0 Å². The monoisotopic (exact) mass is 609 g/mol. The number of carbonyl (C=O) groups excluding carboxylic acids is 2. The largest absolute Gasteiger partial charge is 0.474 e. The number of likely N-dealkylation sites (tertiary alicyclic amines) is 1. The van der Waals surface area contributed by atoms with Gasteiger partial charge in [-0.2, -0.15) is 0 Å². The molecule has 2 aliphatic carbocycles. The molecule has 238 valence electrons. The minimum absolute atomic E-state index is 0.0146. The summed E-state index contributed by atoms with van der Waals surface area (Å²) in [6, 6.07) is 5.31. The zero-order valence-electron chi connectivity index (χ0n) is 27.6. The number of aldehydes is 1. The molecule has 1 aliphatic heterocycles. The normalized spacial score (nSPS) is 17.3. The Balaban J connectivity index is 0.000000215. The van der Waals surface area contributed by atoms with Crippen molar-refractivity contribution in [1.29, 1.82) is 0 Å². The van der Waals surface area contributed by atoms with Crippen LogP contribution in [0.3, 0.4) is 0 Å². The third-order valence-electron chi connectivity index (χ3n) is 7.67. The van der Waals surface area contributed by atoms with Crippen LogP contribution in [0.1, 0.15) is 120 Å². The lowest BCUT2D eigenvalue weighted by Crippen LogP contribution is -2.20. The third-order valence-corrected chi connectivity index (χ3v) is 8.50. The molecule has 0 spiro atoms. The van der Waals surface area contributed by atoms with Crippen molar-refractivity contribution < 1.29 is 14.3 Å². The molecule has 3 aliphatic rings. The summed E-state index contributed by atoms with van der Waals surface area (Å²) < 4.78 is 5.73. The Kier molecular flexibility index (Phi) is 17.2. The van der Waals surface area contributed by atoms with Crippen LogP contribution in [0.15, 0.2) is 29.8 Å². The molecule has 2 aromatic heterocycles. The number of thiophene rings is 1. The van der Waals surface area contributed by atoms with Crippen molar-refractivity contribution in [2.75, 3.05) is 32.1 Å². The summed E-state index contributed by atoms with van der Waals surface area (Å²) in [5.41, 5.74) is 1.53. The molecule has 5 rings (SSSR count). The van der Waals surface area contributed by atoms with Gasteiger partial charge in [-0.25, -0.2) is 4.98 Å². The van der Waals surface area contributed by atoms with Gasteiger partial charge >= 0.3 is 0 Å². The lowest BCUT2D eigenvalue weighted by Gasteiger charge is -2.22. The zero-order chi connectivity index (χ0) is 31.5. The lowest BCUT2D eigenvalue weighted by atomic mass is 9.91. The first kappa shape index (κ1) is 36.5. The van der Waals surface area contributed by atoms with Gasteiger partial charge in [0.2, 0.25) is 12.3 Å². The number of pyridine rings is 1. The van der Waals surface area contributed by atoms with Crippen molar-refractivity contribution >= 4 is 29.7 Å². The average Bonchev–Trinajstić information content (AvgIpc) is 3.69. The smallest absolute Gasteiger partial charge is 0.214 e. The molecule has 0 N–H and O–H groups in total. The maximum Gasteiger partial charge on any atom is 0.214 e. The van der Waals surface area contributed by atoms with Gasteiger partial charge in [0.05, 0.1) is 10.6 Å². The topological polar surface area (TPSA) is 62.7 Å². The van der Waals surface area contributed by atoms with Crippen LogP contribution in [-0.2, 0) is 4.79 Å². The fourth-order valence-corrected chi connectivity index (χ4v) is 5.77. The molecule has 43 heavy (non-hydrogen) atoms. The molecule has 3 heterocycles. The van der Waals surface area contributed by atoms with Gasteiger partial charge < -0.3 is 14.5 Å². The Bertz CT molecular complexity index is 1110. The molecule has 1 amide bonds. The summed E-state index contributed by atoms with van der Waals surface area (Å²) in [7, 11) is 3.91. The number of anilines is 1. The van der Waals surface area contributed by atoms with Gasteiger partial charge in [-0.15, -0.1) is 11.3 Å². The van der Waals surface area contributed by atoms with Crippen molar-refractivity contribution in [1.82, 2.24) is 9.88 Å². The second kappa shape index (κ2) is 20.3. The SMILES string of the molecule is CC1CCCCC1.CN(C=O)c1csc(C#CC(C)(C)C)c1.CN1CCCC1.O=Cc1ccnc(OC2CCCCC2)c1. The van der Waals surface area contributed by atoms with E-state index in [1.807, 2.05) is 11.4 Å². The van der Waals surface area contributed by atoms with Gasteiger partial charge in [0, 0.05) is 35.7 Å². The fraction of sp³-hybridized carbons (Fsp3) is 0.639. The minimum atomic E-state index is 0.0146.